The maximum atomic E-state index is 8.87. The molecule has 0 aliphatic heterocycles. The van der Waals surface area contributed by atoms with E-state index in [0.29, 0.717) is 0 Å². The molecule has 1 rings (SSSR count). The van der Waals surface area contributed by atoms with Gasteiger partial charge in [-0.2, -0.15) is 0 Å². The summed E-state index contributed by atoms with van der Waals surface area (Å²) in [5.41, 5.74) is 5.27. The van der Waals surface area contributed by atoms with E-state index in [-0.39, 0.29) is 6.61 Å². The molecule has 0 aliphatic rings. The van der Waals surface area contributed by atoms with E-state index in [2.05, 4.69) is 4.98 Å². The molecule has 12 heavy (non-hydrogen) atoms. The Kier molecular flexibility index (Phi) is 2.83. The van der Waals surface area contributed by atoms with Gasteiger partial charge in [0.2, 0.25) is 0 Å². The number of aryl methyl sites for hydroxylation is 1. The first-order chi connectivity index (χ1) is 5.64. The highest BCUT2D eigenvalue weighted by Gasteiger charge is 2.15. The Balaban J connectivity index is 2.36. The first-order valence-corrected chi connectivity index (χ1v) is 3.99. The highest BCUT2D eigenvalue weighted by atomic mass is 16.3. The first kappa shape index (κ1) is 9.22. The molecular formula is C8H15N3O. The number of aliphatic hydroxyl groups is 1. The third kappa shape index (κ3) is 2.64. The standard InChI is InChI=1S/C8H15N3O/c1-8(9,6-12)2-4-11-5-3-10-7-11/h3,5,7,12H,2,4,6,9H2,1H3. The summed E-state index contributed by atoms with van der Waals surface area (Å²) in [5.74, 6) is 0. The van der Waals surface area contributed by atoms with Crippen LogP contribution in [0.2, 0.25) is 0 Å². The quantitative estimate of drug-likeness (QED) is 0.666. The lowest BCUT2D eigenvalue weighted by molar-refractivity contribution is 0.195. The number of aliphatic hydroxyl groups excluding tert-OH is 1. The fourth-order valence-corrected chi connectivity index (χ4v) is 0.883. The summed E-state index contributed by atoms with van der Waals surface area (Å²) in [5, 5.41) is 8.87. The largest absolute Gasteiger partial charge is 0.394 e. The molecule has 0 aliphatic carbocycles. The number of hydrogen-bond donors (Lipinski definition) is 2. The summed E-state index contributed by atoms with van der Waals surface area (Å²) in [6.07, 6.45) is 6.10. The molecule has 0 bridgehead atoms. The highest BCUT2D eigenvalue weighted by molar-refractivity contribution is 4.80. The third-order valence-electron chi connectivity index (χ3n) is 1.86. The van der Waals surface area contributed by atoms with E-state index < -0.39 is 5.54 Å². The molecule has 0 saturated heterocycles. The van der Waals surface area contributed by atoms with Crippen LogP contribution in [0.4, 0.5) is 0 Å². The average Bonchev–Trinajstić information content (AvgIpc) is 2.53. The van der Waals surface area contributed by atoms with Crippen LogP contribution in [0.15, 0.2) is 18.7 Å². The Labute approximate surface area is 72.0 Å². The fraction of sp³-hybridized carbons (Fsp3) is 0.625. The van der Waals surface area contributed by atoms with Gasteiger partial charge in [0, 0.05) is 24.5 Å². The van der Waals surface area contributed by atoms with Crippen molar-refractivity contribution in [3.05, 3.63) is 18.7 Å². The summed E-state index contributed by atoms with van der Waals surface area (Å²) >= 11 is 0. The van der Waals surface area contributed by atoms with Crippen LogP contribution < -0.4 is 5.73 Å². The molecule has 4 nitrogen and oxygen atoms in total. The maximum absolute atomic E-state index is 8.87. The molecule has 0 fully saturated rings. The topological polar surface area (TPSA) is 64.1 Å². The van der Waals surface area contributed by atoms with Gasteiger partial charge in [0.25, 0.3) is 0 Å². The minimum absolute atomic E-state index is 0.0156. The number of aromatic nitrogens is 2. The molecule has 1 aromatic heterocycles. The number of nitrogens with two attached hydrogens (primary N) is 1. The van der Waals surface area contributed by atoms with E-state index >= 15 is 0 Å². The SMILES string of the molecule is CC(N)(CO)CCn1ccnc1. The van der Waals surface area contributed by atoms with Crippen LogP contribution in [0.3, 0.4) is 0 Å². The van der Waals surface area contributed by atoms with Crippen LogP contribution >= 0.6 is 0 Å². The summed E-state index contributed by atoms with van der Waals surface area (Å²) in [7, 11) is 0. The molecule has 68 valence electrons. The van der Waals surface area contributed by atoms with Gasteiger partial charge in [-0.3, -0.25) is 0 Å². The Hall–Kier alpha value is -0.870. The second-order valence-electron chi connectivity index (χ2n) is 3.36. The second kappa shape index (κ2) is 3.69. The Morgan fingerprint density at radius 2 is 2.42 bits per heavy atom. The smallest absolute Gasteiger partial charge is 0.0945 e. The van der Waals surface area contributed by atoms with Crippen molar-refractivity contribution in [2.45, 2.75) is 25.4 Å². The maximum Gasteiger partial charge on any atom is 0.0945 e. The average molecular weight is 169 g/mol. The number of hydrogen-bond acceptors (Lipinski definition) is 3. The molecule has 0 radical (unpaired) electrons. The minimum atomic E-state index is -0.482. The highest BCUT2D eigenvalue weighted by Crippen LogP contribution is 2.05. The van der Waals surface area contributed by atoms with Crippen molar-refractivity contribution in [2.75, 3.05) is 6.61 Å². The van der Waals surface area contributed by atoms with Gasteiger partial charge in [0.05, 0.1) is 12.9 Å². The van der Waals surface area contributed by atoms with Gasteiger partial charge in [-0.1, -0.05) is 0 Å². The van der Waals surface area contributed by atoms with Gasteiger partial charge >= 0.3 is 0 Å². The molecule has 0 spiro atoms. The van der Waals surface area contributed by atoms with E-state index in [0.717, 1.165) is 13.0 Å². The molecule has 3 N–H and O–H groups in total. The van der Waals surface area contributed by atoms with E-state index in [9.17, 15) is 0 Å². The zero-order valence-corrected chi connectivity index (χ0v) is 7.27. The van der Waals surface area contributed by atoms with Crippen LogP contribution in [0, 0.1) is 0 Å². The van der Waals surface area contributed by atoms with E-state index in [1.807, 2.05) is 17.7 Å². The fourth-order valence-electron chi connectivity index (χ4n) is 0.883. The van der Waals surface area contributed by atoms with Crippen molar-refractivity contribution in [1.29, 1.82) is 0 Å². The summed E-state index contributed by atoms with van der Waals surface area (Å²) in [6.45, 7) is 2.65. The molecule has 4 heteroatoms. The van der Waals surface area contributed by atoms with Crippen molar-refractivity contribution in [1.82, 2.24) is 9.55 Å². The lowest BCUT2D eigenvalue weighted by atomic mass is 10.0. The number of imidazole rings is 1. The first-order valence-electron chi connectivity index (χ1n) is 3.99. The molecule has 0 aromatic carbocycles. The van der Waals surface area contributed by atoms with Crippen LogP contribution in [0.1, 0.15) is 13.3 Å². The zero-order chi connectivity index (χ0) is 9.03. The van der Waals surface area contributed by atoms with Gasteiger partial charge in [0.1, 0.15) is 0 Å². The van der Waals surface area contributed by atoms with Gasteiger partial charge in [0.15, 0.2) is 0 Å². The van der Waals surface area contributed by atoms with Gasteiger partial charge in [-0.15, -0.1) is 0 Å². The predicted octanol–water partition coefficient (Wildman–Crippen LogP) is -0.0171. The van der Waals surface area contributed by atoms with E-state index in [1.54, 1.807) is 12.5 Å². The van der Waals surface area contributed by atoms with Crippen molar-refractivity contribution in [3.8, 4) is 0 Å². The molecule has 0 amide bonds. The lowest BCUT2D eigenvalue weighted by Gasteiger charge is -2.21. The van der Waals surface area contributed by atoms with Gasteiger partial charge in [-0.05, 0) is 13.3 Å². The van der Waals surface area contributed by atoms with Crippen molar-refractivity contribution >= 4 is 0 Å². The van der Waals surface area contributed by atoms with Crippen molar-refractivity contribution in [3.63, 3.8) is 0 Å². The van der Waals surface area contributed by atoms with Crippen LogP contribution in [0.5, 0.6) is 0 Å². The number of nitrogens with zero attached hydrogens (tertiary/aromatic N) is 2. The second-order valence-corrected chi connectivity index (χ2v) is 3.36. The third-order valence-corrected chi connectivity index (χ3v) is 1.86. The Morgan fingerprint density at radius 1 is 1.67 bits per heavy atom. The summed E-state index contributed by atoms with van der Waals surface area (Å²) in [6, 6.07) is 0. The predicted molar refractivity (Wildman–Crippen MR) is 46.5 cm³/mol. The minimum Gasteiger partial charge on any atom is -0.394 e. The molecule has 1 heterocycles. The van der Waals surface area contributed by atoms with E-state index in [1.165, 1.54) is 0 Å². The Morgan fingerprint density at radius 3 is 2.92 bits per heavy atom. The van der Waals surface area contributed by atoms with Gasteiger partial charge < -0.3 is 15.4 Å². The zero-order valence-electron chi connectivity index (χ0n) is 7.27. The van der Waals surface area contributed by atoms with Crippen LogP contribution in [0.25, 0.3) is 0 Å². The Bertz CT molecular complexity index is 218. The monoisotopic (exact) mass is 169 g/mol. The molecule has 1 aromatic rings. The van der Waals surface area contributed by atoms with Crippen molar-refractivity contribution in [2.24, 2.45) is 5.73 Å². The molecule has 1 atom stereocenters. The molecule has 0 saturated carbocycles. The number of rotatable bonds is 4. The van der Waals surface area contributed by atoms with E-state index in [4.69, 9.17) is 10.8 Å². The normalized spacial score (nSPS) is 15.9. The molecular weight excluding hydrogens is 154 g/mol. The summed E-state index contributed by atoms with van der Waals surface area (Å²) in [4.78, 5) is 3.91. The lowest BCUT2D eigenvalue weighted by Crippen LogP contribution is -2.40. The molecule has 1 unspecified atom stereocenters. The summed E-state index contributed by atoms with van der Waals surface area (Å²) < 4.78 is 1.95. The van der Waals surface area contributed by atoms with Gasteiger partial charge in [-0.25, -0.2) is 4.98 Å². The van der Waals surface area contributed by atoms with Crippen LogP contribution in [-0.4, -0.2) is 26.8 Å². The van der Waals surface area contributed by atoms with Crippen molar-refractivity contribution < 1.29 is 5.11 Å². The van der Waals surface area contributed by atoms with Crippen LogP contribution in [-0.2, 0) is 6.54 Å².